The zero-order valence-electron chi connectivity index (χ0n) is 13.7. The summed E-state index contributed by atoms with van der Waals surface area (Å²) in [5.74, 6) is 0.475. The zero-order chi connectivity index (χ0) is 17.0. The van der Waals surface area contributed by atoms with Crippen LogP contribution in [0.3, 0.4) is 0 Å². The van der Waals surface area contributed by atoms with Gasteiger partial charge in [0.2, 0.25) is 12.3 Å². The fraction of sp³-hybridized carbons (Fsp3) is 0.611. The molecule has 1 atom stereocenters. The Morgan fingerprint density at radius 1 is 1.50 bits per heavy atom. The largest absolute Gasteiger partial charge is 0.347 e. The molecule has 0 radical (unpaired) electrons. The molecule has 2 fully saturated rings. The van der Waals surface area contributed by atoms with E-state index in [1.807, 2.05) is 21.7 Å². The average molecular weight is 345 g/mol. The Balaban J connectivity index is 1.62. The maximum Gasteiger partial charge on any atom is 0.245 e. The van der Waals surface area contributed by atoms with Gasteiger partial charge in [-0.15, -0.1) is 0 Å². The molecule has 0 spiro atoms. The van der Waals surface area contributed by atoms with Gasteiger partial charge in [-0.3, -0.25) is 9.59 Å². The lowest BCUT2D eigenvalue weighted by molar-refractivity contribution is -0.137. The molecule has 24 heavy (non-hydrogen) atoms. The molecule has 1 saturated heterocycles. The SMILES string of the molecule is N#CC1(C2CCC2)CCN(C(=O)C(Cc2ccsc2)NC=O)CC1. The van der Waals surface area contributed by atoms with E-state index in [9.17, 15) is 14.9 Å². The van der Waals surface area contributed by atoms with Crippen molar-refractivity contribution in [3.05, 3.63) is 22.4 Å². The summed E-state index contributed by atoms with van der Waals surface area (Å²) in [7, 11) is 0. The minimum absolute atomic E-state index is 0.0338. The van der Waals surface area contributed by atoms with E-state index >= 15 is 0 Å². The van der Waals surface area contributed by atoms with Crippen molar-refractivity contribution in [1.82, 2.24) is 10.2 Å². The minimum atomic E-state index is -0.518. The van der Waals surface area contributed by atoms with Gasteiger partial charge >= 0.3 is 0 Å². The highest BCUT2D eigenvalue weighted by Gasteiger charge is 2.45. The number of carbonyl (C=O) groups is 2. The summed E-state index contributed by atoms with van der Waals surface area (Å²) in [6.45, 7) is 1.23. The number of carbonyl (C=O) groups excluding carboxylic acids is 2. The van der Waals surface area contributed by atoms with Gasteiger partial charge in [-0.2, -0.15) is 16.6 Å². The molecule has 1 aliphatic heterocycles. The molecule has 0 bridgehead atoms. The van der Waals surface area contributed by atoms with Gasteiger partial charge in [0.05, 0.1) is 11.5 Å². The molecule has 1 aromatic rings. The number of nitriles is 1. The summed E-state index contributed by atoms with van der Waals surface area (Å²) >= 11 is 1.58. The smallest absolute Gasteiger partial charge is 0.245 e. The molecule has 128 valence electrons. The highest BCUT2D eigenvalue weighted by Crippen LogP contribution is 2.48. The van der Waals surface area contributed by atoms with E-state index in [4.69, 9.17) is 0 Å². The molecule has 6 heteroatoms. The lowest BCUT2D eigenvalue weighted by Gasteiger charge is -2.46. The molecule has 5 nitrogen and oxygen atoms in total. The van der Waals surface area contributed by atoms with E-state index in [1.165, 1.54) is 6.42 Å². The number of piperidine rings is 1. The van der Waals surface area contributed by atoms with Crippen LogP contribution < -0.4 is 5.32 Å². The van der Waals surface area contributed by atoms with Gasteiger partial charge < -0.3 is 10.2 Å². The fourth-order valence-electron chi connectivity index (χ4n) is 3.86. The summed E-state index contributed by atoms with van der Waals surface area (Å²) in [6, 6.07) is 4.02. The normalized spacial score (nSPS) is 21.4. The third-order valence-corrected chi connectivity index (χ3v) is 6.40. The molecule has 1 aliphatic carbocycles. The Kier molecular flexibility index (Phi) is 5.20. The average Bonchev–Trinajstić information content (AvgIpc) is 3.06. The molecule has 2 heterocycles. The van der Waals surface area contributed by atoms with Crippen LogP contribution in [0.1, 0.15) is 37.7 Å². The quantitative estimate of drug-likeness (QED) is 0.804. The third kappa shape index (κ3) is 3.32. The number of nitrogens with zero attached hydrogens (tertiary/aromatic N) is 2. The molecule has 2 aliphatic rings. The van der Waals surface area contributed by atoms with Gasteiger partial charge in [-0.1, -0.05) is 6.42 Å². The number of rotatable bonds is 6. The van der Waals surface area contributed by atoms with E-state index in [2.05, 4.69) is 11.4 Å². The molecular formula is C18H23N3O2S. The Morgan fingerprint density at radius 2 is 2.25 bits per heavy atom. The van der Waals surface area contributed by atoms with E-state index in [0.29, 0.717) is 31.8 Å². The summed E-state index contributed by atoms with van der Waals surface area (Å²) in [5.41, 5.74) is 0.821. The summed E-state index contributed by atoms with van der Waals surface area (Å²) in [5, 5.41) is 16.3. The maximum absolute atomic E-state index is 12.8. The van der Waals surface area contributed by atoms with Crippen molar-refractivity contribution in [3.8, 4) is 6.07 Å². The molecule has 1 unspecified atom stereocenters. The maximum atomic E-state index is 12.8. The first-order chi connectivity index (χ1) is 11.7. The molecule has 3 rings (SSSR count). The molecule has 2 amide bonds. The molecule has 1 saturated carbocycles. The van der Waals surface area contributed by atoms with Crippen LogP contribution in [0.15, 0.2) is 16.8 Å². The lowest BCUT2D eigenvalue weighted by Crippen LogP contribution is -2.52. The van der Waals surface area contributed by atoms with Gasteiger partial charge in [0.15, 0.2) is 0 Å². The topological polar surface area (TPSA) is 73.2 Å². The fourth-order valence-corrected chi connectivity index (χ4v) is 4.54. The van der Waals surface area contributed by atoms with Crippen molar-refractivity contribution in [2.24, 2.45) is 11.3 Å². The van der Waals surface area contributed by atoms with E-state index in [1.54, 1.807) is 11.3 Å². The van der Waals surface area contributed by atoms with Crippen molar-refractivity contribution in [1.29, 1.82) is 5.26 Å². The molecule has 1 N–H and O–H groups in total. The zero-order valence-corrected chi connectivity index (χ0v) is 14.6. The summed E-state index contributed by atoms with van der Waals surface area (Å²) in [6.07, 6.45) is 6.15. The number of amides is 2. The van der Waals surface area contributed by atoms with E-state index < -0.39 is 6.04 Å². The van der Waals surface area contributed by atoms with Crippen LogP contribution in [0.4, 0.5) is 0 Å². The van der Waals surface area contributed by atoms with Crippen molar-refractivity contribution in [3.63, 3.8) is 0 Å². The summed E-state index contributed by atoms with van der Waals surface area (Å²) < 4.78 is 0. The van der Waals surface area contributed by atoms with Crippen LogP contribution >= 0.6 is 11.3 Å². The minimum Gasteiger partial charge on any atom is -0.347 e. The van der Waals surface area contributed by atoms with Gasteiger partial charge in [-0.25, -0.2) is 0 Å². The molecular weight excluding hydrogens is 322 g/mol. The van der Waals surface area contributed by atoms with Crippen molar-refractivity contribution in [2.45, 2.75) is 44.6 Å². The number of likely N-dealkylation sites (tertiary alicyclic amines) is 1. The number of thiophene rings is 1. The van der Waals surface area contributed by atoms with Crippen LogP contribution in [0.5, 0.6) is 0 Å². The second-order valence-corrected chi connectivity index (χ2v) is 7.67. The lowest BCUT2D eigenvalue weighted by atomic mass is 9.61. The highest BCUT2D eigenvalue weighted by molar-refractivity contribution is 7.07. The Morgan fingerprint density at radius 3 is 2.75 bits per heavy atom. The number of nitrogens with one attached hydrogen (secondary N) is 1. The van der Waals surface area contributed by atoms with Crippen LogP contribution in [0.2, 0.25) is 0 Å². The van der Waals surface area contributed by atoms with Crippen molar-refractivity contribution in [2.75, 3.05) is 13.1 Å². The number of hydrogen-bond acceptors (Lipinski definition) is 4. The first-order valence-electron chi connectivity index (χ1n) is 8.59. The van der Waals surface area contributed by atoms with Gasteiger partial charge in [0.25, 0.3) is 0 Å². The standard InChI is InChI=1S/C18H23N3O2S/c19-12-18(15-2-1-3-15)5-7-21(8-6-18)17(23)16(20-13-22)10-14-4-9-24-11-14/h4,9,11,13,15-16H,1-3,5-8,10H2,(H,20,22). The van der Waals surface area contributed by atoms with Crippen LogP contribution in [-0.2, 0) is 16.0 Å². The van der Waals surface area contributed by atoms with Crippen molar-refractivity contribution >= 4 is 23.7 Å². The second-order valence-electron chi connectivity index (χ2n) is 6.89. The highest BCUT2D eigenvalue weighted by atomic mass is 32.1. The Labute approximate surface area is 146 Å². The van der Waals surface area contributed by atoms with Gasteiger partial charge in [-0.05, 0) is 54.0 Å². The second kappa shape index (κ2) is 7.35. The van der Waals surface area contributed by atoms with Gasteiger partial charge in [0, 0.05) is 19.5 Å². The van der Waals surface area contributed by atoms with Crippen LogP contribution in [0, 0.1) is 22.7 Å². The Bertz CT molecular complexity index is 611. The summed E-state index contributed by atoms with van der Waals surface area (Å²) in [4.78, 5) is 25.5. The molecule has 0 aromatic carbocycles. The third-order valence-electron chi connectivity index (χ3n) is 5.66. The van der Waals surface area contributed by atoms with E-state index in [0.717, 1.165) is 31.2 Å². The van der Waals surface area contributed by atoms with Crippen molar-refractivity contribution < 1.29 is 9.59 Å². The predicted molar refractivity (Wildman–Crippen MR) is 92.2 cm³/mol. The monoisotopic (exact) mass is 345 g/mol. The predicted octanol–water partition coefficient (Wildman–Crippen LogP) is 2.34. The first kappa shape index (κ1) is 17.0. The Hall–Kier alpha value is -1.87. The molecule has 1 aromatic heterocycles. The first-order valence-corrected chi connectivity index (χ1v) is 9.53. The van der Waals surface area contributed by atoms with E-state index in [-0.39, 0.29) is 11.3 Å². The van der Waals surface area contributed by atoms with Gasteiger partial charge in [0.1, 0.15) is 6.04 Å². The number of hydrogen-bond donors (Lipinski definition) is 1. The van der Waals surface area contributed by atoms with Crippen LogP contribution in [-0.4, -0.2) is 36.3 Å². The van der Waals surface area contributed by atoms with Crippen LogP contribution in [0.25, 0.3) is 0 Å².